The lowest BCUT2D eigenvalue weighted by Crippen LogP contribution is -2.37. The maximum absolute atomic E-state index is 12.6. The summed E-state index contributed by atoms with van der Waals surface area (Å²) < 4.78 is 5.01. The number of halogens is 2. The molecule has 0 radical (unpaired) electrons. The van der Waals surface area contributed by atoms with Crippen molar-refractivity contribution in [2.75, 3.05) is 11.9 Å². The average Bonchev–Trinajstić information content (AvgIpc) is 2.98. The fourth-order valence-corrected chi connectivity index (χ4v) is 3.30. The van der Waals surface area contributed by atoms with E-state index >= 15 is 0 Å². The number of esters is 1. The average molecular weight is 449 g/mol. The number of fused-ring (bicyclic) bond motifs is 1. The van der Waals surface area contributed by atoms with Crippen molar-refractivity contribution in [1.82, 2.24) is 4.90 Å². The number of nitrogens with one attached hydrogen (secondary N) is 1. The normalized spacial score (nSPS) is 13.8. The van der Waals surface area contributed by atoms with Gasteiger partial charge >= 0.3 is 5.97 Å². The summed E-state index contributed by atoms with van der Waals surface area (Å²) in [5, 5.41) is 3.17. The molecule has 0 aliphatic carbocycles. The molecule has 1 N–H and O–H groups in total. The molecule has 0 unspecified atom stereocenters. The van der Waals surface area contributed by atoms with E-state index < -0.39 is 24.4 Å². The van der Waals surface area contributed by atoms with Crippen LogP contribution in [0, 0.1) is 0 Å². The number of anilines is 1. The van der Waals surface area contributed by atoms with Gasteiger partial charge in [0.15, 0.2) is 6.61 Å². The van der Waals surface area contributed by atoms with Crippen LogP contribution in [0.3, 0.4) is 0 Å². The maximum Gasteiger partial charge on any atom is 0.338 e. The van der Waals surface area contributed by atoms with Gasteiger partial charge in [0, 0.05) is 11.1 Å². The molecule has 9 heteroatoms. The van der Waals surface area contributed by atoms with E-state index in [1.165, 1.54) is 35.2 Å². The number of ether oxygens (including phenoxy) is 1. The quantitative estimate of drug-likeness (QED) is 0.528. The SMILES string of the molecule is CC[C@@H](C)N1C(=O)c2ccc(C(=O)OCC(=O)Nc3cc(Cl)ccc3Cl)cc2C1=O. The summed E-state index contributed by atoms with van der Waals surface area (Å²) in [4.78, 5) is 50.6. The summed E-state index contributed by atoms with van der Waals surface area (Å²) in [6.45, 7) is 3.09. The zero-order valence-corrected chi connectivity index (χ0v) is 17.7. The van der Waals surface area contributed by atoms with Crippen LogP contribution in [0.25, 0.3) is 0 Å². The minimum absolute atomic E-state index is 0.0643. The van der Waals surface area contributed by atoms with Crippen molar-refractivity contribution >= 4 is 52.6 Å². The largest absolute Gasteiger partial charge is 0.452 e. The second kappa shape index (κ2) is 8.85. The van der Waals surface area contributed by atoms with Gasteiger partial charge in [0.2, 0.25) is 0 Å². The van der Waals surface area contributed by atoms with Crippen LogP contribution in [0.5, 0.6) is 0 Å². The predicted octanol–water partition coefficient (Wildman–Crippen LogP) is 4.18. The third-order valence-corrected chi connectivity index (χ3v) is 5.29. The third kappa shape index (κ3) is 4.32. The van der Waals surface area contributed by atoms with Crippen LogP contribution < -0.4 is 5.32 Å². The lowest BCUT2D eigenvalue weighted by atomic mass is 10.1. The molecule has 7 nitrogen and oxygen atoms in total. The molecular weight excluding hydrogens is 431 g/mol. The number of benzene rings is 2. The Hall–Kier alpha value is -2.90. The van der Waals surface area contributed by atoms with Crippen molar-refractivity contribution < 1.29 is 23.9 Å². The molecule has 1 aliphatic rings. The molecule has 156 valence electrons. The second-order valence-corrected chi connectivity index (χ2v) is 7.59. The molecule has 0 fully saturated rings. The highest BCUT2D eigenvalue weighted by molar-refractivity contribution is 6.35. The number of imide groups is 1. The molecule has 2 aromatic carbocycles. The molecule has 1 aliphatic heterocycles. The van der Waals surface area contributed by atoms with Gasteiger partial charge in [0.05, 0.1) is 27.4 Å². The maximum atomic E-state index is 12.6. The summed E-state index contributed by atoms with van der Waals surface area (Å²) in [6, 6.07) is 8.42. The Kier molecular flexibility index (Phi) is 6.43. The molecule has 3 amide bonds. The Morgan fingerprint density at radius 3 is 2.47 bits per heavy atom. The topological polar surface area (TPSA) is 92.8 Å². The highest BCUT2D eigenvalue weighted by atomic mass is 35.5. The molecule has 1 atom stereocenters. The van der Waals surface area contributed by atoms with Crippen molar-refractivity contribution in [1.29, 1.82) is 0 Å². The predicted molar refractivity (Wildman–Crippen MR) is 112 cm³/mol. The van der Waals surface area contributed by atoms with Crippen molar-refractivity contribution in [2.24, 2.45) is 0 Å². The van der Waals surface area contributed by atoms with Gasteiger partial charge in [-0.25, -0.2) is 4.79 Å². The van der Waals surface area contributed by atoms with E-state index in [1.54, 1.807) is 13.0 Å². The minimum atomic E-state index is -0.799. The number of nitrogens with zero attached hydrogens (tertiary/aromatic N) is 1. The van der Waals surface area contributed by atoms with Crippen LogP contribution in [0.1, 0.15) is 51.3 Å². The first kappa shape index (κ1) is 21.8. The van der Waals surface area contributed by atoms with Gasteiger partial charge < -0.3 is 10.1 Å². The molecule has 30 heavy (non-hydrogen) atoms. The first-order chi connectivity index (χ1) is 14.2. The fourth-order valence-electron chi connectivity index (χ4n) is 2.96. The standard InChI is InChI=1S/C21H18Cl2N2O5/c1-3-11(2)25-19(27)14-6-4-12(8-15(14)20(25)28)21(29)30-10-18(26)24-17-9-13(22)5-7-16(17)23/h4-9,11H,3,10H2,1-2H3,(H,24,26)/t11-/m1/s1. The Labute approximate surface area is 182 Å². The lowest BCUT2D eigenvalue weighted by molar-refractivity contribution is -0.119. The van der Waals surface area contributed by atoms with E-state index in [2.05, 4.69) is 5.32 Å². The van der Waals surface area contributed by atoms with Crippen molar-refractivity contribution in [3.63, 3.8) is 0 Å². The van der Waals surface area contributed by atoms with Gasteiger partial charge in [0.1, 0.15) is 0 Å². The summed E-state index contributed by atoms with van der Waals surface area (Å²) in [6.07, 6.45) is 0.617. The van der Waals surface area contributed by atoms with E-state index in [4.69, 9.17) is 27.9 Å². The number of carbonyl (C=O) groups excluding carboxylic acids is 4. The van der Waals surface area contributed by atoms with Gasteiger partial charge in [-0.2, -0.15) is 0 Å². The van der Waals surface area contributed by atoms with Gasteiger partial charge in [0.25, 0.3) is 17.7 Å². The second-order valence-electron chi connectivity index (χ2n) is 6.75. The van der Waals surface area contributed by atoms with E-state index in [9.17, 15) is 19.2 Å². The van der Waals surface area contributed by atoms with Crippen LogP contribution in [-0.4, -0.2) is 41.2 Å². The Morgan fingerprint density at radius 1 is 1.07 bits per heavy atom. The monoisotopic (exact) mass is 448 g/mol. The van der Waals surface area contributed by atoms with Crippen molar-refractivity contribution in [3.05, 3.63) is 63.1 Å². The fraction of sp³-hybridized carbons (Fsp3) is 0.238. The summed E-state index contributed by atoms with van der Waals surface area (Å²) in [5.74, 6) is -2.25. The Balaban J connectivity index is 1.67. The first-order valence-corrected chi connectivity index (χ1v) is 9.92. The Bertz CT molecular complexity index is 1050. The van der Waals surface area contributed by atoms with Gasteiger partial charge in [-0.05, 0) is 49.7 Å². The number of rotatable bonds is 6. The lowest BCUT2D eigenvalue weighted by Gasteiger charge is -2.20. The van der Waals surface area contributed by atoms with E-state index in [-0.39, 0.29) is 39.3 Å². The van der Waals surface area contributed by atoms with Crippen LogP contribution in [0.15, 0.2) is 36.4 Å². The molecule has 0 saturated heterocycles. The summed E-state index contributed by atoms with van der Waals surface area (Å²) in [7, 11) is 0. The molecule has 0 spiro atoms. The zero-order chi connectivity index (χ0) is 22.0. The smallest absolute Gasteiger partial charge is 0.338 e. The molecule has 0 saturated carbocycles. The third-order valence-electron chi connectivity index (χ3n) is 4.72. The van der Waals surface area contributed by atoms with Gasteiger partial charge in [-0.1, -0.05) is 30.1 Å². The number of amides is 3. The first-order valence-electron chi connectivity index (χ1n) is 9.16. The molecule has 0 bridgehead atoms. The van der Waals surface area contributed by atoms with Crippen LogP contribution in [0.2, 0.25) is 10.0 Å². The number of hydrogen-bond donors (Lipinski definition) is 1. The summed E-state index contributed by atoms with van der Waals surface area (Å²) >= 11 is 11.8. The van der Waals surface area contributed by atoms with Crippen LogP contribution in [0.4, 0.5) is 5.69 Å². The minimum Gasteiger partial charge on any atom is -0.452 e. The summed E-state index contributed by atoms with van der Waals surface area (Å²) in [5.41, 5.74) is 0.738. The Morgan fingerprint density at radius 2 is 1.77 bits per heavy atom. The molecule has 3 rings (SSSR count). The van der Waals surface area contributed by atoms with Crippen LogP contribution >= 0.6 is 23.2 Å². The highest BCUT2D eigenvalue weighted by Crippen LogP contribution is 2.27. The zero-order valence-electron chi connectivity index (χ0n) is 16.2. The van der Waals surface area contributed by atoms with E-state index in [0.29, 0.717) is 11.4 Å². The molecular formula is C21H18Cl2N2O5. The molecule has 2 aromatic rings. The van der Waals surface area contributed by atoms with Crippen molar-refractivity contribution in [3.8, 4) is 0 Å². The van der Waals surface area contributed by atoms with Crippen LogP contribution in [-0.2, 0) is 9.53 Å². The van der Waals surface area contributed by atoms with Gasteiger partial charge in [-0.3, -0.25) is 19.3 Å². The number of hydrogen-bond acceptors (Lipinski definition) is 5. The van der Waals surface area contributed by atoms with Crippen molar-refractivity contribution in [2.45, 2.75) is 26.3 Å². The molecule has 0 aromatic heterocycles. The number of carbonyl (C=O) groups is 4. The highest BCUT2D eigenvalue weighted by Gasteiger charge is 2.38. The van der Waals surface area contributed by atoms with Gasteiger partial charge in [-0.15, -0.1) is 0 Å². The van der Waals surface area contributed by atoms with E-state index in [1.807, 2.05) is 6.92 Å². The van der Waals surface area contributed by atoms with E-state index in [0.717, 1.165) is 0 Å². The molecule has 1 heterocycles.